The first-order valence-electron chi connectivity index (χ1n) is 5.90. The lowest BCUT2D eigenvalue weighted by molar-refractivity contribution is -0.809. The summed E-state index contributed by atoms with van der Waals surface area (Å²) in [5.41, 5.74) is 0. The number of alkyl halides is 2. The van der Waals surface area contributed by atoms with Crippen LogP contribution < -0.4 is 9.13 Å². The zero-order valence-electron chi connectivity index (χ0n) is 9.99. The molecule has 0 aliphatic rings. The standard InChI is InChI=1S/C14H16Br2N2/c15-11-13(17-7-3-1-4-8-17)14(12-16)18-9-5-2-6-10-18/h1-10,13-14H,11-12H2/q+2. The highest BCUT2D eigenvalue weighted by molar-refractivity contribution is 9.09. The monoisotopic (exact) mass is 370 g/mol. The summed E-state index contributed by atoms with van der Waals surface area (Å²) in [7, 11) is 0. The molecule has 18 heavy (non-hydrogen) atoms. The minimum absolute atomic E-state index is 0.373. The van der Waals surface area contributed by atoms with Crippen LogP contribution in [0.15, 0.2) is 61.2 Å². The number of hydrogen-bond acceptors (Lipinski definition) is 0. The van der Waals surface area contributed by atoms with Crippen molar-refractivity contribution in [2.75, 3.05) is 10.7 Å². The third kappa shape index (κ3) is 3.18. The quantitative estimate of drug-likeness (QED) is 0.564. The van der Waals surface area contributed by atoms with Crippen molar-refractivity contribution in [3.63, 3.8) is 0 Å². The molecule has 0 saturated carbocycles. The fraction of sp³-hybridized carbons (Fsp3) is 0.286. The highest BCUT2D eigenvalue weighted by atomic mass is 79.9. The first-order valence-corrected chi connectivity index (χ1v) is 8.14. The van der Waals surface area contributed by atoms with Gasteiger partial charge < -0.3 is 0 Å². The predicted molar refractivity (Wildman–Crippen MR) is 78.9 cm³/mol. The lowest BCUT2D eigenvalue weighted by atomic mass is 10.1. The molecule has 0 aliphatic heterocycles. The summed E-state index contributed by atoms with van der Waals surface area (Å²) in [6.45, 7) is 0. The van der Waals surface area contributed by atoms with E-state index in [1.165, 1.54) is 0 Å². The molecule has 0 N–H and O–H groups in total. The van der Waals surface area contributed by atoms with Crippen molar-refractivity contribution in [1.82, 2.24) is 0 Å². The van der Waals surface area contributed by atoms with E-state index in [4.69, 9.17) is 0 Å². The molecule has 0 fully saturated rings. The lowest BCUT2D eigenvalue weighted by Crippen LogP contribution is -2.53. The molecule has 2 heterocycles. The Morgan fingerprint density at radius 1 is 0.611 bits per heavy atom. The summed E-state index contributed by atoms with van der Waals surface area (Å²) >= 11 is 7.27. The molecule has 2 aromatic rings. The molecule has 2 atom stereocenters. The molecule has 4 heteroatoms. The van der Waals surface area contributed by atoms with Crippen LogP contribution in [0.1, 0.15) is 12.1 Å². The first kappa shape index (κ1) is 13.7. The molecule has 94 valence electrons. The van der Waals surface area contributed by atoms with E-state index in [0.717, 1.165) is 10.7 Å². The number of halogens is 2. The zero-order valence-corrected chi connectivity index (χ0v) is 13.2. The number of hydrogen-bond donors (Lipinski definition) is 0. The van der Waals surface area contributed by atoms with Gasteiger partial charge in [0.2, 0.25) is 12.1 Å². The molecular weight excluding hydrogens is 356 g/mol. The second kappa shape index (κ2) is 7.00. The Balaban J connectivity index is 2.31. The zero-order chi connectivity index (χ0) is 12.8. The number of rotatable bonds is 5. The second-order valence-electron chi connectivity index (χ2n) is 4.09. The predicted octanol–water partition coefficient (Wildman–Crippen LogP) is 2.83. The molecule has 0 aromatic carbocycles. The van der Waals surface area contributed by atoms with Crippen molar-refractivity contribution >= 4 is 31.9 Å². The Morgan fingerprint density at radius 2 is 0.944 bits per heavy atom. The largest absolute Gasteiger partial charge is 0.229 e. The van der Waals surface area contributed by atoms with E-state index in [2.05, 4.69) is 90.0 Å². The Bertz CT molecular complexity index is 416. The Kier molecular flexibility index (Phi) is 5.32. The SMILES string of the molecule is BrCC(C(CBr)[n+]1ccccc1)[n+]1ccccc1. The third-order valence-corrected chi connectivity index (χ3v) is 4.33. The fourth-order valence-electron chi connectivity index (χ4n) is 2.03. The van der Waals surface area contributed by atoms with Crippen LogP contribution in [0.3, 0.4) is 0 Å². The van der Waals surface area contributed by atoms with Crippen molar-refractivity contribution in [2.45, 2.75) is 12.1 Å². The van der Waals surface area contributed by atoms with E-state index in [1.54, 1.807) is 0 Å². The van der Waals surface area contributed by atoms with Gasteiger partial charge in [0.25, 0.3) is 0 Å². The lowest BCUT2D eigenvalue weighted by Gasteiger charge is -2.15. The normalized spacial score (nSPS) is 14.1. The molecule has 0 saturated heterocycles. The highest BCUT2D eigenvalue weighted by Gasteiger charge is 2.34. The molecule has 0 aliphatic carbocycles. The Hall–Kier alpha value is -0.740. The van der Waals surface area contributed by atoms with E-state index in [0.29, 0.717) is 12.1 Å². The average Bonchev–Trinajstić information content (AvgIpc) is 2.46. The smallest absolute Gasteiger partial charge is 0.195 e. The first-order chi connectivity index (χ1) is 8.86. The van der Waals surface area contributed by atoms with Gasteiger partial charge in [0.05, 0.1) is 10.7 Å². The highest BCUT2D eigenvalue weighted by Crippen LogP contribution is 2.17. The van der Waals surface area contributed by atoms with Gasteiger partial charge in [-0.1, -0.05) is 44.0 Å². The summed E-state index contributed by atoms with van der Waals surface area (Å²) < 4.78 is 4.50. The minimum atomic E-state index is 0.373. The molecule has 2 aromatic heterocycles. The van der Waals surface area contributed by atoms with Gasteiger partial charge in [-0.05, 0) is 0 Å². The Labute approximate surface area is 125 Å². The molecule has 0 amide bonds. The van der Waals surface area contributed by atoms with Crippen LogP contribution in [0.5, 0.6) is 0 Å². The van der Waals surface area contributed by atoms with E-state index >= 15 is 0 Å². The maximum Gasteiger partial charge on any atom is 0.229 e. The number of pyridine rings is 2. The average molecular weight is 372 g/mol. The van der Waals surface area contributed by atoms with Crippen LogP contribution in [-0.2, 0) is 0 Å². The molecule has 2 rings (SSSR count). The van der Waals surface area contributed by atoms with Crippen LogP contribution in [0.2, 0.25) is 0 Å². The van der Waals surface area contributed by atoms with Gasteiger partial charge in [-0.3, -0.25) is 0 Å². The maximum atomic E-state index is 3.64. The summed E-state index contributed by atoms with van der Waals surface area (Å²) in [5.74, 6) is 0. The molecule has 0 radical (unpaired) electrons. The van der Waals surface area contributed by atoms with Crippen molar-refractivity contribution in [1.29, 1.82) is 0 Å². The van der Waals surface area contributed by atoms with Gasteiger partial charge in [0.15, 0.2) is 24.8 Å². The second-order valence-corrected chi connectivity index (χ2v) is 5.38. The van der Waals surface area contributed by atoms with E-state index in [9.17, 15) is 0 Å². The minimum Gasteiger partial charge on any atom is -0.195 e. The molecule has 0 bridgehead atoms. The van der Waals surface area contributed by atoms with Gasteiger partial charge in [-0.15, -0.1) is 0 Å². The van der Waals surface area contributed by atoms with Gasteiger partial charge in [-0.2, -0.15) is 9.13 Å². The summed E-state index contributed by atoms with van der Waals surface area (Å²) in [5, 5.41) is 1.83. The van der Waals surface area contributed by atoms with Crippen LogP contribution in [0.25, 0.3) is 0 Å². The van der Waals surface area contributed by atoms with Crippen molar-refractivity contribution in [3.8, 4) is 0 Å². The molecule has 2 nitrogen and oxygen atoms in total. The third-order valence-electron chi connectivity index (χ3n) is 3.00. The van der Waals surface area contributed by atoms with Gasteiger partial charge in [0, 0.05) is 24.3 Å². The van der Waals surface area contributed by atoms with Crippen molar-refractivity contribution in [3.05, 3.63) is 61.2 Å². The van der Waals surface area contributed by atoms with Crippen molar-refractivity contribution in [2.24, 2.45) is 0 Å². The van der Waals surface area contributed by atoms with Crippen LogP contribution in [-0.4, -0.2) is 10.7 Å². The topological polar surface area (TPSA) is 7.76 Å². The molecule has 0 spiro atoms. The summed E-state index contributed by atoms with van der Waals surface area (Å²) in [6, 6.07) is 13.1. The van der Waals surface area contributed by atoms with Crippen molar-refractivity contribution < 1.29 is 9.13 Å². The molecular formula is C14H16Br2N2+2. The maximum absolute atomic E-state index is 3.64. The van der Waals surface area contributed by atoms with Crippen LogP contribution in [0, 0.1) is 0 Å². The fourth-order valence-corrected chi connectivity index (χ4v) is 3.56. The van der Waals surface area contributed by atoms with Crippen LogP contribution >= 0.6 is 31.9 Å². The van der Waals surface area contributed by atoms with Gasteiger partial charge in [-0.25, -0.2) is 0 Å². The number of aromatic nitrogens is 2. The van der Waals surface area contributed by atoms with Gasteiger partial charge in [0.1, 0.15) is 0 Å². The molecule has 2 unspecified atom stereocenters. The number of nitrogens with zero attached hydrogens (tertiary/aromatic N) is 2. The van der Waals surface area contributed by atoms with Gasteiger partial charge >= 0.3 is 0 Å². The van der Waals surface area contributed by atoms with E-state index < -0.39 is 0 Å². The van der Waals surface area contributed by atoms with E-state index in [-0.39, 0.29) is 0 Å². The summed E-state index contributed by atoms with van der Waals surface area (Å²) in [4.78, 5) is 0. The van der Waals surface area contributed by atoms with E-state index in [1.807, 2.05) is 12.1 Å². The summed E-state index contributed by atoms with van der Waals surface area (Å²) in [6.07, 6.45) is 8.46. The van der Waals surface area contributed by atoms with Crippen LogP contribution in [0.4, 0.5) is 0 Å². The Morgan fingerprint density at radius 3 is 1.22 bits per heavy atom.